The van der Waals surface area contributed by atoms with Crippen molar-refractivity contribution in [2.45, 2.75) is 18.9 Å². The van der Waals surface area contributed by atoms with Gasteiger partial charge in [-0.1, -0.05) is 11.6 Å². The number of aliphatic hydroxyl groups excluding tert-OH is 1. The first-order valence-corrected chi connectivity index (χ1v) is 5.87. The smallest absolute Gasteiger partial charge is 0.274 e. The zero-order valence-corrected chi connectivity index (χ0v) is 10.3. The van der Waals surface area contributed by atoms with Crippen LogP contribution in [-0.2, 0) is 0 Å². The zero-order valence-electron chi connectivity index (χ0n) is 9.51. The molecule has 1 aliphatic carbocycles. The van der Waals surface area contributed by atoms with E-state index in [1.807, 2.05) is 0 Å². The molecule has 0 spiro atoms. The molecule has 1 N–H and O–H groups in total. The second kappa shape index (κ2) is 4.98. The highest BCUT2D eigenvalue weighted by atomic mass is 35.5. The van der Waals surface area contributed by atoms with Crippen LogP contribution in [0.4, 0.5) is 0 Å². The molecular weight excluding hydrogens is 242 g/mol. The van der Waals surface area contributed by atoms with Gasteiger partial charge in [0.1, 0.15) is 0 Å². The number of hydrogen-bond acceptors (Lipinski definition) is 4. The second-order valence-electron chi connectivity index (χ2n) is 4.42. The molecule has 1 fully saturated rings. The van der Waals surface area contributed by atoms with Gasteiger partial charge in [0.15, 0.2) is 10.8 Å². The van der Waals surface area contributed by atoms with Crippen LogP contribution in [0.1, 0.15) is 23.3 Å². The van der Waals surface area contributed by atoms with E-state index in [1.54, 1.807) is 24.1 Å². The summed E-state index contributed by atoms with van der Waals surface area (Å²) >= 11 is 5.60. The number of aromatic nitrogens is 2. The van der Waals surface area contributed by atoms with Gasteiger partial charge in [-0.15, -0.1) is 10.2 Å². The van der Waals surface area contributed by atoms with E-state index >= 15 is 0 Å². The largest absolute Gasteiger partial charge is 0.393 e. The molecule has 0 radical (unpaired) electrons. The summed E-state index contributed by atoms with van der Waals surface area (Å²) in [6.45, 7) is 0.639. The van der Waals surface area contributed by atoms with E-state index in [2.05, 4.69) is 10.2 Å². The third-order valence-electron chi connectivity index (χ3n) is 2.94. The Morgan fingerprint density at radius 2 is 2.24 bits per heavy atom. The Labute approximate surface area is 104 Å². The van der Waals surface area contributed by atoms with E-state index in [4.69, 9.17) is 11.6 Å². The average Bonchev–Trinajstić information content (AvgIpc) is 2.27. The molecule has 92 valence electrons. The molecule has 0 aliphatic heterocycles. The normalized spacial score (nSPS) is 23.0. The van der Waals surface area contributed by atoms with Crippen molar-refractivity contribution < 1.29 is 9.90 Å². The Morgan fingerprint density at radius 1 is 1.53 bits per heavy atom. The lowest BCUT2D eigenvalue weighted by Gasteiger charge is -2.34. The number of carbonyl (C=O) groups is 1. The monoisotopic (exact) mass is 255 g/mol. The van der Waals surface area contributed by atoms with Crippen molar-refractivity contribution in [1.29, 1.82) is 0 Å². The lowest BCUT2D eigenvalue weighted by Crippen LogP contribution is -2.39. The highest BCUT2D eigenvalue weighted by molar-refractivity contribution is 6.29. The highest BCUT2D eigenvalue weighted by Crippen LogP contribution is 2.27. The molecule has 5 nitrogen and oxygen atoms in total. The predicted molar refractivity (Wildman–Crippen MR) is 62.7 cm³/mol. The first-order valence-electron chi connectivity index (χ1n) is 5.49. The van der Waals surface area contributed by atoms with Gasteiger partial charge in [-0.05, 0) is 30.9 Å². The summed E-state index contributed by atoms with van der Waals surface area (Å²) in [7, 11) is 1.73. The number of rotatable bonds is 3. The summed E-state index contributed by atoms with van der Waals surface area (Å²) in [4.78, 5) is 13.5. The maximum Gasteiger partial charge on any atom is 0.274 e. The number of hydrogen-bond donors (Lipinski definition) is 1. The van der Waals surface area contributed by atoms with Crippen LogP contribution in [0.5, 0.6) is 0 Å². The SMILES string of the molecule is CN(CC1CC(O)C1)C(=O)c1ccc(Cl)nn1. The molecule has 0 aromatic carbocycles. The van der Waals surface area contributed by atoms with E-state index in [1.165, 1.54) is 0 Å². The maximum atomic E-state index is 11.9. The molecule has 1 amide bonds. The van der Waals surface area contributed by atoms with Crippen LogP contribution in [0.2, 0.25) is 5.15 Å². The molecular formula is C11H14ClN3O2. The van der Waals surface area contributed by atoms with Crippen molar-refractivity contribution in [3.8, 4) is 0 Å². The predicted octanol–water partition coefficient (Wildman–Crippen LogP) is 0.973. The third-order valence-corrected chi connectivity index (χ3v) is 3.14. The Hall–Kier alpha value is -1.20. The molecule has 0 unspecified atom stereocenters. The lowest BCUT2D eigenvalue weighted by molar-refractivity contribution is 0.0263. The van der Waals surface area contributed by atoms with E-state index in [0.29, 0.717) is 12.5 Å². The number of halogens is 1. The van der Waals surface area contributed by atoms with Crippen LogP contribution in [0, 0.1) is 5.92 Å². The van der Waals surface area contributed by atoms with Crippen LogP contribution in [0.25, 0.3) is 0 Å². The summed E-state index contributed by atoms with van der Waals surface area (Å²) in [6.07, 6.45) is 1.34. The lowest BCUT2D eigenvalue weighted by atomic mass is 9.82. The van der Waals surface area contributed by atoms with Crippen molar-refractivity contribution >= 4 is 17.5 Å². The minimum Gasteiger partial charge on any atom is -0.393 e. The van der Waals surface area contributed by atoms with Gasteiger partial charge in [-0.25, -0.2) is 0 Å². The van der Waals surface area contributed by atoms with E-state index in [9.17, 15) is 9.90 Å². The zero-order chi connectivity index (χ0) is 12.4. The van der Waals surface area contributed by atoms with Crippen LogP contribution in [-0.4, -0.2) is 45.8 Å². The molecule has 1 heterocycles. The fourth-order valence-electron chi connectivity index (χ4n) is 1.95. The Balaban J connectivity index is 1.92. The van der Waals surface area contributed by atoms with Crippen LogP contribution in [0.15, 0.2) is 12.1 Å². The van der Waals surface area contributed by atoms with Gasteiger partial charge in [0.25, 0.3) is 5.91 Å². The quantitative estimate of drug-likeness (QED) is 0.874. The van der Waals surface area contributed by atoms with Crippen molar-refractivity contribution in [3.05, 3.63) is 23.0 Å². The van der Waals surface area contributed by atoms with E-state index in [-0.39, 0.29) is 22.9 Å². The van der Waals surface area contributed by atoms with E-state index in [0.717, 1.165) is 12.8 Å². The first-order chi connectivity index (χ1) is 8.06. The van der Waals surface area contributed by atoms with Crippen LogP contribution in [0.3, 0.4) is 0 Å². The maximum absolute atomic E-state index is 11.9. The fraction of sp³-hybridized carbons (Fsp3) is 0.545. The van der Waals surface area contributed by atoms with Crippen LogP contribution < -0.4 is 0 Å². The molecule has 0 bridgehead atoms. The Morgan fingerprint density at radius 3 is 2.76 bits per heavy atom. The summed E-state index contributed by atoms with van der Waals surface area (Å²) < 4.78 is 0. The summed E-state index contributed by atoms with van der Waals surface area (Å²) in [5.41, 5.74) is 0.289. The minimum atomic E-state index is -0.196. The molecule has 1 saturated carbocycles. The van der Waals surface area contributed by atoms with Gasteiger partial charge in [0.2, 0.25) is 0 Å². The van der Waals surface area contributed by atoms with Crippen LogP contribution >= 0.6 is 11.6 Å². The Kier molecular flexibility index (Phi) is 3.59. The van der Waals surface area contributed by atoms with E-state index < -0.39 is 0 Å². The summed E-state index contributed by atoms with van der Waals surface area (Å²) in [5.74, 6) is 0.217. The fourth-order valence-corrected chi connectivity index (χ4v) is 2.05. The van der Waals surface area contributed by atoms with Crippen molar-refractivity contribution in [3.63, 3.8) is 0 Å². The summed E-state index contributed by atoms with van der Waals surface area (Å²) in [6, 6.07) is 3.10. The topological polar surface area (TPSA) is 66.3 Å². The molecule has 1 aliphatic rings. The number of amides is 1. The molecule has 0 atom stereocenters. The van der Waals surface area contributed by atoms with Gasteiger partial charge in [0.05, 0.1) is 6.10 Å². The van der Waals surface area contributed by atoms with Crippen molar-refractivity contribution in [1.82, 2.24) is 15.1 Å². The van der Waals surface area contributed by atoms with Gasteiger partial charge in [-0.3, -0.25) is 4.79 Å². The van der Waals surface area contributed by atoms with Gasteiger partial charge in [-0.2, -0.15) is 0 Å². The minimum absolute atomic E-state index is 0.171. The van der Waals surface area contributed by atoms with Crippen molar-refractivity contribution in [2.24, 2.45) is 5.92 Å². The van der Waals surface area contributed by atoms with Crippen molar-refractivity contribution in [2.75, 3.05) is 13.6 Å². The average molecular weight is 256 g/mol. The summed E-state index contributed by atoms with van der Waals surface area (Å²) in [5, 5.41) is 16.8. The van der Waals surface area contributed by atoms with Gasteiger partial charge >= 0.3 is 0 Å². The highest BCUT2D eigenvalue weighted by Gasteiger charge is 2.29. The van der Waals surface area contributed by atoms with Gasteiger partial charge < -0.3 is 10.0 Å². The standard InChI is InChI=1S/C11H14ClN3O2/c1-15(6-7-4-8(16)5-7)11(17)9-2-3-10(12)14-13-9/h2-3,7-8,16H,4-6H2,1H3. The number of carbonyl (C=O) groups excluding carboxylic acids is 1. The Bertz CT molecular complexity index is 404. The number of aliphatic hydroxyl groups is 1. The molecule has 0 saturated heterocycles. The second-order valence-corrected chi connectivity index (χ2v) is 4.81. The third kappa shape index (κ3) is 2.92. The molecule has 17 heavy (non-hydrogen) atoms. The number of nitrogens with zero attached hydrogens (tertiary/aromatic N) is 3. The molecule has 2 rings (SSSR count). The first kappa shape index (κ1) is 12.3. The molecule has 6 heteroatoms. The molecule has 1 aromatic heterocycles. The van der Waals surface area contributed by atoms with Gasteiger partial charge in [0, 0.05) is 13.6 Å². The molecule has 1 aromatic rings.